The van der Waals surface area contributed by atoms with Gasteiger partial charge in [-0.1, -0.05) is 0 Å². The van der Waals surface area contributed by atoms with Crippen LogP contribution < -0.4 is 80.3 Å². The fourth-order valence-electron chi connectivity index (χ4n) is 1.85. The van der Waals surface area contributed by atoms with Crippen molar-refractivity contribution in [2.24, 2.45) is 0 Å². The molecule has 3 N–H and O–H groups in total. The van der Waals surface area contributed by atoms with E-state index in [1.165, 1.54) is 12.3 Å². The minimum atomic E-state index is -5.14. The Morgan fingerprint density at radius 2 is 2.18 bits per heavy atom. The van der Waals surface area contributed by atoms with Crippen molar-refractivity contribution in [3.05, 3.63) is 22.7 Å². The van der Waals surface area contributed by atoms with Crippen molar-refractivity contribution in [2.75, 3.05) is 12.3 Å². The van der Waals surface area contributed by atoms with Crippen LogP contribution >= 0.6 is 7.82 Å². The normalized spacial score (nSPS) is 24.4. The molecule has 2 rings (SSSR count). The fraction of sp³-hybridized carbons (Fsp3) is 0.556. The van der Waals surface area contributed by atoms with Crippen LogP contribution in [0.2, 0.25) is 0 Å². The second-order valence-corrected chi connectivity index (χ2v) is 5.37. The first kappa shape index (κ1) is 22.7. The van der Waals surface area contributed by atoms with E-state index in [0.717, 1.165) is 4.57 Å². The molecule has 3 atom stereocenters. The second kappa shape index (κ2) is 9.26. The number of rotatable bonds is 4. The van der Waals surface area contributed by atoms with Gasteiger partial charge in [0.25, 0.3) is 0 Å². The van der Waals surface area contributed by atoms with Crippen LogP contribution in [-0.2, 0) is 13.8 Å². The molecule has 2 heterocycles. The van der Waals surface area contributed by atoms with Gasteiger partial charge in [0.2, 0.25) is 0 Å². The van der Waals surface area contributed by atoms with E-state index in [2.05, 4.69) is 9.51 Å². The zero-order chi connectivity index (χ0) is 14.9. The van der Waals surface area contributed by atoms with Crippen LogP contribution in [0, 0.1) is 0 Å². The summed E-state index contributed by atoms with van der Waals surface area (Å²) in [6.07, 6.45) is -1.56. The van der Waals surface area contributed by atoms with Crippen LogP contribution in [0.3, 0.4) is 0 Å². The van der Waals surface area contributed by atoms with Gasteiger partial charge in [-0.2, -0.15) is 4.98 Å². The molecule has 1 fully saturated rings. The molecule has 1 aromatic heterocycles. The van der Waals surface area contributed by atoms with Crippen molar-refractivity contribution in [3.63, 3.8) is 0 Å². The van der Waals surface area contributed by atoms with Gasteiger partial charge < -0.3 is 34.5 Å². The molecule has 1 aliphatic rings. The molecular formula is C9H12N3Na2O7P. The number of hydrogen-bond donors (Lipinski definition) is 2. The molecule has 13 heteroatoms. The molecule has 1 aliphatic heterocycles. The van der Waals surface area contributed by atoms with Crippen LogP contribution in [-0.4, -0.2) is 33.5 Å². The average molecular weight is 351 g/mol. The maximum absolute atomic E-state index is 11.6. The van der Waals surface area contributed by atoms with E-state index < -0.39 is 38.6 Å². The monoisotopic (exact) mass is 351 g/mol. The number of nitrogen functional groups attached to an aromatic ring is 1. The van der Waals surface area contributed by atoms with E-state index in [9.17, 15) is 24.3 Å². The Morgan fingerprint density at radius 1 is 1.55 bits per heavy atom. The smallest absolute Gasteiger partial charge is 0.790 e. The summed E-state index contributed by atoms with van der Waals surface area (Å²) in [5, 5.41) is 9.70. The third-order valence-electron chi connectivity index (χ3n) is 2.76. The number of nitrogens with zero attached hydrogens (tertiary/aromatic N) is 2. The molecule has 112 valence electrons. The predicted octanol–water partition coefficient (Wildman–Crippen LogP) is -8.67. The standard InChI is InChI=1S/C9H14N3O7P.2Na/c10-7-1-2-12(9(14)11-7)8-3-5(13)6(19-8)4-18-20(15,16)17;;/h1-2,5-6,8,13H,3-4H2,(H2,10,11,14)(H2,15,16,17);;/q;2*+1/p-2. The van der Waals surface area contributed by atoms with Crippen molar-refractivity contribution < 1.29 is 87.8 Å². The molecule has 1 aromatic rings. The molecule has 0 aliphatic carbocycles. The summed E-state index contributed by atoms with van der Waals surface area (Å²) in [5.74, 6) is 0.0447. The molecule has 22 heavy (non-hydrogen) atoms. The molecule has 0 spiro atoms. The van der Waals surface area contributed by atoms with Crippen molar-refractivity contribution >= 4 is 13.6 Å². The number of hydrogen-bond acceptors (Lipinski definition) is 9. The summed E-state index contributed by atoms with van der Waals surface area (Å²) in [7, 11) is -5.14. The molecule has 1 saturated heterocycles. The number of nitrogens with two attached hydrogens (primary N) is 1. The summed E-state index contributed by atoms with van der Waals surface area (Å²) in [4.78, 5) is 35.8. The van der Waals surface area contributed by atoms with Gasteiger partial charge in [0.1, 0.15) is 18.1 Å². The van der Waals surface area contributed by atoms with Crippen LogP contribution in [0.15, 0.2) is 17.1 Å². The number of aliphatic hydroxyl groups excluding tert-OH is 1. The summed E-state index contributed by atoms with van der Waals surface area (Å²) in [6, 6.07) is 1.38. The minimum Gasteiger partial charge on any atom is -0.790 e. The second-order valence-electron chi connectivity index (χ2n) is 4.22. The van der Waals surface area contributed by atoms with Gasteiger partial charge in [-0.25, -0.2) is 4.79 Å². The van der Waals surface area contributed by atoms with Gasteiger partial charge in [-0.15, -0.1) is 0 Å². The third-order valence-corrected chi connectivity index (χ3v) is 3.23. The molecule has 0 bridgehead atoms. The number of ether oxygens (including phenoxy) is 1. The average Bonchev–Trinajstić information content (AvgIpc) is 2.67. The Morgan fingerprint density at radius 3 is 2.73 bits per heavy atom. The van der Waals surface area contributed by atoms with Crippen LogP contribution in [0.5, 0.6) is 0 Å². The molecule has 0 saturated carbocycles. The molecule has 10 nitrogen and oxygen atoms in total. The van der Waals surface area contributed by atoms with Crippen molar-refractivity contribution in [3.8, 4) is 0 Å². The Bertz CT molecular complexity index is 595. The Kier molecular flexibility index (Phi) is 9.56. The maximum atomic E-state index is 11.6. The number of anilines is 1. The van der Waals surface area contributed by atoms with E-state index in [-0.39, 0.29) is 71.4 Å². The van der Waals surface area contributed by atoms with Crippen LogP contribution in [0.4, 0.5) is 5.82 Å². The topological polar surface area (TPSA) is 163 Å². The van der Waals surface area contributed by atoms with Crippen molar-refractivity contribution in [1.29, 1.82) is 0 Å². The summed E-state index contributed by atoms with van der Waals surface area (Å²) in [6.45, 7) is -0.612. The van der Waals surface area contributed by atoms with Crippen LogP contribution in [0.25, 0.3) is 0 Å². The number of aliphatic hydroxyl groups is 1. The number of phosphoric acid groups is 1. The molecule has 0 amide bonds. The third kappa shape index (κ3) is 6.31. The van der Waals surface area contributed by atoms with Gasteiger partial charge in [0, 0.05) is 12.6 Å². The fourth-order valence-corrected chi connectivity index (χ4v) is 2.18. The van der Waals surface area contributed by atoms with E-state index in [1.54, 1.807) is 0 Å². The van der Waals surface area contributed by atoms with E-state index in [0.29, 0.717) is 0 Å². The van der Waals surface area contributed by atoms with Gasteiger partial charge in [-0.05, 0) is 6.07 Å². The van der Waals surface area contributed by atoms with Crippen molar-refractivity contribution in [1.82, 2.24) is 9.55 Å². The van der Waals surface area contributed by atoms with Gasteiger partial charge in [0.15, 0.2) is 0 Å². The minimum absolute atomic E-state index is 0. The van der Waals surface area contributed by atoms with Crippen molar-refractivity contribution in [2.45, 2.75) is 24.9 Å². The number of phosphoric ester groups is 1. The van der Waals surface area contributed by atoms with E-state index in [1.807, 2.05) is 0 Å². The molecule has 0 radical (unpaired) electrons. The SMILES string of the molecule is Nc1ccn(C2CC(O)C(COP(=O)([O-])[O-])O2)c(=O)n1.[Na+].[Na+]. The molecular weight excluding hydrogens is 339 g/mol. The summed E-state index contributed by atoms with van der Waals surface area (Å²) < 4.78 is 20.8. The molecule has 3 unspecified atom stereocenters. The zero-order valence-electron chi connectivity index (χ0n) is 12.1. The largest absolute Gasteiger partial charge is 1.00 e. The predicted molar refractivity (Wildman–Crippen MR) is 61.0 cm³/mol. The first-order valence-corrected chi connectivity index (χ1v) is 7.07. The Balaban J connectivity index is 0.00000220. The van der Waals surface area contributed by atoms with Gasteiger partial charge in [0.05, 0.1) is 20.5 Å². The van der Waals surface area contributed by atoms with Gasteiger partial charge >= 0.3 is 64.8 Å². The number of aromatic nitrogens is 2. The van der Waals surface area contributed by atoms with E-state index in [4.69, 9.17) is 10.5 Å². The Labute approximate surface area is 169 Å². The maximum Gasteiger partial charge on any atom is 1.00 e. The van der Waals surface area contributed by atoms with Crippen LogP contribution in [0.1, 0.15) is 12.6 Å². The summed E-state index contributed by atoms with van der Waals surface area (Å²) >= 11 is 0. The zero-order valence-corrected chi connectivity index (χ0v) is 17.0. The van der Waals surface area contributed by atoms with E-state index >= 15 is 0 Å². The summed E-state index contributed by atoms with van der Waals surface area (Å²) in [5.41, 5.74) is 4.68. The first-order valence-electron chi connectivity index (χ1n) is 5.61. The first-order chi connectivity index (χ1) is 9.26. The quantitative estimate of drug-likeness (QED) is 0.396. The molecule has 0 aromatic carbocycles. The Hall–Kier alpha value is 0.710. The van der Waals surface area contributed by atoms with Gasteiger partial charge in [-0.3, -0.25) is 4.57 Å².